The second-order valence-corrected chi connectivity index (χ2v) is 8.30. The highest BCUT2D eigenvalue weighted by molar-refractivity contribution is 7.89. The van der Waals surface area contributed by atoms with Crippen LogP contribution in [0.2, 0.25) is 0 Å². The van der Waals surface area contributed by atoms with E-state index in [4.69, 9.17) is 0 Å². The van der Waals surface area contributed by atoms with Crippen LogP contribution in [0.15, 0.2) is 47.4 Å². The lowest BCUT2D eigenvalue weighted by molar-refractivity contribution is -0.133. The summed E-state index contributed by atoms with van der Waals surface area (Å²) in [5.41, 5.74) is 0. The Labute approximate surface area is 143 Å². The number of carbonyl (C=O) groups is 1. The van der Waals surface area contributed by atoms with Crippen molar-refractivity contribution in [1.29, 1.82) is 0 Å². The molecule has 1 fully saturated rings. The SMILES string of the molecule is O=C(C[C@H]1C=CCC1)N1CCC[C@H](NS(=O)(=O)c2ccccc2)C1. The predicted molar refractivity (Wildman–Crippen MR) is 92.8 cm³/mol. The van der Waals surface area contributed by atoms with Gasteiger partial charge < -0.3 is 4.90 Å². The topological polar surface area (TPSA) is 66.5 Å². The molecule has 3 rings (SSSR count). The highest BCUT2D eigenvalue weighted by Crippen LogP contribution is 2.22. The largest absolute Gasteiger partial charge is 0.341 e. The molecular weight excluding hydrogens is 324 g/mol. The van der Waals surface area contributed by atoms with E-state index in [0.29, 0.717) is 18.9 Å². The van der Waals surface area contributed by atoms with Crippen LogP contribution in [-0.2, 0) is 14.8 Å². The second-order valence-electron chi connectivity index (χ2n) is 6.58. The maximum atomic E-state index is 12.5. The summed E-state index contributed by atoms with van der Waals surface area (Å²) in [7, 11) is -3.53. The number of piperidine rings is 1. The van der Waals surface area contributed by atoms with Crippen molar-refractivity contribution < 1.29 is 13.2 Å². The van der Waals surface area contributed by atoms with E-state index >= 15 is 0 Å². The molecule has 1 aliphatic carbocycles. The first-order valence-corrected chi connectivity index (χ1v) is 10.0. The van der Waals surface area contributed by atoms with Gasteiger partial charge in [-0.2, -0.15) is 0 Å². The van der Waals surface area contributed by atoms with Crippen LogP contribution >= 0.6 is 0 Å². The van der Waals surface area contributed by atoms with E-state index in [2.05, 4.69) is 16.9 Å². The van der Waals surface area contributed by atoms with E-state index in [-0.39, 0.29) is 16.8 Å². The number of carbonyl (C=O) groups excluding carboxylic acids is 1. The molecule has 1 N–H and O–H groups in total. The number of allylic oxidation sites excluding steroid dienone is 2. The number of nitrogens with zero attached hydrogens (tertiary/aromatic N) is 1. The third-order valence-corrected chi connectivity index (χ3v) is 6.24. The fourth-order valence-corrected chi connectivity index (χ4v) is 4.69. The molecule has 24 heavy (non-hydrogen) atoms. The lowest BCUT2D eigenvalue weighted by atomic mass is 10.0. The molecule has 0 radical (unpaired) electrons. The van der Waals surface area contributed by atoms with Crippen LogP contribution in [0.3, 0.4) is 0 Å². The van der Waals surface area contributed by atoms with Crippen molar-refractivity contribution in [2.45, 2.75) is 43.0 Å². The number of sulfonamides is 1. The Balaban J connectivity index is 1.59. The van der Waals surface area contributed by atoms with Crippen LogP contribution in [0.1, 0.15) is 32.1 Å². The first-order valence-electron chi connectivity index (χ1n) is 8.56. The van der Waals surface area contributed by atoms with Gasteiger partial charge in [0.15, 0.2) is 0 Å². The Morgan fingerprint density at radius 1 is 1.21 bits per heavy atom. The van der Waals surface area contributed by atoms with Crippen molar-refractivity contribution in [3.05, 3.63) is 42.5 Å². The molecule has 0 saturated carbocycles. The van der Waals surface area contributed by atoms with Crippen LogP contribution in [0.4, 0.5) is 0 Å². The molecule has 1 heterocycles. The normalized spacial score (nSPS) is 24.2. The minimum absolute atomic E-state index is 0.134. The highest BCUT2D eigenvalue weighted by atomic mass is 32.2. The van der Waals surface area contributed by atoms with Gasteiger partial charge in [0, 0.05) is 25.6 Å². The summed E-state index contributed by atoms with van der Waals surface area (Å²) in [6.45, 7) is 1.18. The fourth-order valence-electron chi connectivity index (χ4n) is 3.41. The summed E-state index contributed by atoms with van der Waals surface area (Å²) in [6, 6.07) is 8.16. The van der Waals surface area contributed by atoms with Gasteiger partial charge in [-0.05, 0) is 43.7 Å². The van der Waals surface area contributed by atoms with Crippen molar-refractivity contribution in [2.75, 3.05) is 13.1 Å². The van der Waals surface area contributed by atoms with Gasteiger partial charge in [0.2, 0.25) is 15.9 Å². The number of hydrogen-bond acceptors (Lipinski definition) is 3. The molecule has 0 bridgehead atoms. The number of likely N-dealkylation sites (tertiary alicyclic amines) is 1. The first kappa shape index (κ1) is 17.2. The van der Waals surface area contributed by atoms with Crippen LogP contribution in [0, 0.1) is 5.92 Å². The Morgan fingerprint density at radius 2 is 2.00 bits per heavy atom. The highest BCUT2D eigenvalue weighted by Gasteiger charge is 2.28. The molecule has 1 aromatic carbocycles. The number of nitrogens with one attached hydrogen (secondary N) is 1. The lowest BCUT2D eigenvalue weighted by Crippen LogP contribution is -2.49. The van der Waals surface area contributed by atoms with Gasteiger partial charge in [0.05, 0.1) is 4.90 Å². The van der Waals surface area contributed by atoms with Crippen LogP contribution in [-0.4, -0.2) is 38.4 Å². The average Bonchev–Trinajstić information content (AvgIpc) is 3.08. The van der Waals surface area contributed by atoms with E-state index in [1.807, 2.05) is 4.90 Å². The van der Waals surface area contributed by atoms with Crippen molar-refractivity contribution in [3.63, 3.8) is 0 Å². The number of benzene rings is 1. The van der Waals surface area contributed by atoms with Gasteiger partial charge >= 0.3 is 0 Å². The van der Waals surface area contributed by atoms with Crippen molar-refractivity contribution in [2.24, 2.45) is 5.92 Å². The summed E-state index contributed by atoms with van der Waals surface area (Å²) in [6.07, 6.45) is 8.48. The van der Waals surface area contributed by atoms with Crippen LogP contribution < -0.4 is 4.72 Å². The Morgan fingerprint density at radius 3 is 2.71 bits per heavy atom. The van der Waals surface area contributed by atoms with Crippen LogP contribution in [0.5, 0.6) is 0 Å². The Kier molecular flexibility index (Phi) is 5.36. The quantitative estimate of drug-likeness (QED) is 0.831. The summed E-state index contributed by atoms with van der Waals surface area (Å²) in [5, 5.41) is 0. The standard InChI is InChI=1S/C18H24N2O3S/c21-18(13-15-7-4-5-8-15)20-12-6-9-16(14-20)19-24(22,23)17-10-2-1-3-11-17/h1-4,7,10-11,15-16,19H,5-6,8-9,12-14H2/t15-,16-/m0/s1. The lowest BCUT2D eigenvalue weighted by Gasteiger charge is -2.33. The Bertz CT molecular complexity index is 700. The minimum atomic E-state index is -3.53. The van der Waals surface area contributed by atoms with Gasteiger partial charge in [-0.3, -0.25) is 4.79 Å². The molecule has 5 nitrogen and oxygen atoms in total. The molecule has 0 unspecified atom stereocenters. The summed E-state index contributed by atoms with van der Waals surface area (Å²) in [5.74, 6) is 0.481. The zero-order valence-electron chi connectivity index (χ0n) is 13.7. The molecule has 1 aromatic rings. The molecule has 6 heteroatoms. The molecule has 2 atom stereocenters. The molecule has 0 aromatic heterocycles. The van der Waals surface area contributed by atoms with Gasteiger partial charge in [0.1, 0.15) is 0 Å². The first-order chi connectivity index (χ1) is 11.5. The average molecular weight is 348 g/mol. The monoisotopic (exact) mass is 348 g/mol. The summed E-state index contributed by atoms with van der Waals surface area (Å²) < 4.78 is 27.6. The van der Waals surface area contributed by atoms with E-state index in [9.17, 15) is 13.2 Å². The van der Waals surface area contributed by atoms with E-state index in [0.717, 1.165) is 32.2 Å². The van der Waals surface area contributed by atoms with E-state index in [1.165, 1.54) is 0 Å². The molecule has 0 spiro atoms. The maximum absolute atomic E-state index is 12.5. The number of amides is 1. The number of hydrogen-bond donors (Lipinski definition) is 1. The van der Waals surface area contributed by atoms with Gasteiger partial charge in [0.25, 0.3) is 0 Å². The summed E-state index contributed by atoms with van der Waals surface area (Å²) >= 11 is 0. The van der Waals surface area contributed by atoms with Crippen molar-refractivity contribution in [1.82, 2.24) is 9.62 Å². The van der Waals surface area contributed by atoms with Gasteiger partial charge in [-0.25, -0.2) is 13.1 Å². The van der Waals surface area contributed by atoms with Gasteiger partial charge in [-0.15, -0.1) is 0 Å². The zero-order valence-corrected chi connectivity index (χ0v) is 14.5. The molecular formula is C18H24N2O3S. The van der Waals surface area contributed by atoms with Crippen molar-refractivity contribution in [3.8, 4) is 0 Å². The third kappa shape index (κ3) is 4.24. The van der Waals surface area contributed by atoms with Crippen LogP contribution in [0.25, 0.3) is 0 Å². The van der Waals surface area contributed by atoms with Crippen molar-refractivity contribution >= 4 is 15.9 Å². The minimum Gasteiger partial charge on any atom is -0.341 e. The fraction of sp³-hybridized carbons (Fsp3) is 0.500. The molecule has 1 amide bonds. The second kappa shape index (κ2) is 7.49. The molecule has 1 aliphatic heterocycles. The predicted octanol–water partition coefficient (Wildman–Crippen LogP) is 2.31. The molecule has 2 aliphatic rings. The molecule has 1 saturated heterocycles. The summed E-state index contributed by atoms with van der Waals surface area (Å²) in [4.78, 5) is 14.5. The van der Waals surface area contributed by atoms with E-state index in [1.54, 1.807) is 30.3 Å². The smallest absolute Gasteiger partial charge is 0.240 e. The Hall–Kier alpha value is -1.66. The zero-order chi connectivity index (χ0) is 17.0. The van der Waals surface area contributed by atoms with E-state index < -0.39 is 10.0 Å². The third-order valence-electron chi connectivity index (χ3n) is 4.70. The number of rotatable bonds is 5. The van der Waals surface area contributed by atoms with Gasteiger partial charge in [-0.1, -0.05) is 30.4 Å². The maximum Gasteiger partial charge on any atom is 0.240 e. The molecule has 130 valence electrons.